The molecule has 2 amide bonds. The van der Waals surface area contributed by atoms with Gasteiger partial charge in [-0.1, -0.05) is 24.3 Å². The number of aliphatic hydroxyl groups excluding tert-OH is 1. The van der Waals surface area contributed by atoms with E-state index in [1.807, 2.05) is 55.7 Å². The maximum absolute atomic E-state index is 13.0. The number of benzene rings is 2. The first kappa shape index (κ1) is 37.3. The second-order valence-corrected chi connectivity index (χ2v) is 15.0. The number of hydrogen-bond acceptors (Lipinski definition) is 9. The van der Waals surface area contributed by atoms with Crippen molar-refractivity contribution in [3.63, 3.8) is 0 Å². The minimum Gasteiger partial charge on any atom is -0.390 e. The minimum atomic E-state index is -2.71. The zero-order valence-corrected chi connectivity index (χ0v) is 31.3. The molecule has 0 bridgehead atoms. The van der Waals surface area contributed by atoms with E-state index in [-0.39, 0.29) is 18.4 Å². The van der Waals surface area contributed by atoms with Crippen molar-refractivity contribution >= 4 is 45.0 Å². The first-order valence-electron chi connectivity index (χ1n) is 18.9. The predicted molar refractivity (Wildman–Crippen MR) is 210 cm³/mol. The molecule has 4 N–H and O–H groups in total. The zero-order valence-electron chi connectivity index (χ0n) is 31.3. The highest BCUT2D eigenvalue weighted by molar-refractivity contribution is 5.96. The predicted octanol–water partition coefficient (Wildman–Crippen LogP) is 5.59. The molecule has 1 saturated carbocycles. The molecule has 6 aromatic rings. The number of likely N-dealkylation sites (tertiary alicyclic amines) is 1. The van der Waals surface area contributed by atoms with E-state index in [0.29, 0.717) is 11.6 Å². The second-order valence-electron chi connectivity index (χ2n) is 15.0. The molecule has 6 heterocycles. The third kappa shape index (κ3) is 7.88. The summed E-state index contributed by atoms with van der Waals surface area (Å²) in [6.45, 7) is 4.36. The molecular weight excluding hydrogens is 719 g/mol. The third-order valence-electron chi connectivity index (χ3n) is 11.0. The van der Waals surface area contributed by atoms with Gasteiger partial charge in [0.15, 0.2) is 0 Å². The lowest BCUT2D eigenvalue weighted by Gasteiger charge is -2.33. The van der Waals surface area contributed by atoms with Gasteiger partial charge in [0.05, 0.1) is 36.9 Å². The lowest BCUT2D eigenvalue weighted by atomic mass is 9.81. The summed E-state index contributed by atoms with van der Waals surface area (Å²) in [6, 6.07) is 15.8. The standard InChI is InChI=1S/C21H25N5O2.C20H19F2N5O/c1-25-7-5-14(6-8-25)21(28)24-20-10-17-9-15(3-4-16(17)11-22-20)18-12-23-26(2)19(18)13-27;21-20(22)7-15(8-20)19(28)26-17-6-14-5-12(1-2-13(14)9-24-17)16-10-25-18-11-23-3-4-27(16)18/h3-4,9-12,14,27H,5-8,13H2,1-2H3,(H,22,24,28);1-2,5-6,9-10,15,23H,3-4,7-8,11H2,(H,24,26,28). The van der Waals surface area contributed by atoms with Crippen LogP contribution in [0, 0.1) is 11.8 Å². The number of halogens is 2. The van der Waals surface area contributed by atoms with Crippen LogP contribution in [0.3, 0.4) is 0 Å². The first-order valence-corrected chi connectivity index (χ1v) is 18.9. The molecule has 0 atom stereocenters. The van der Waals surface area contributed by atoms with E-state index >= 15 is 0 Å². The number of aryl methyl sites for hydroxylation is 1. The summed E-state index contributed by atoms with van der Waals surface area (Å²) in [5.74, 6) is -1.70. The Labute approximate surface area is 322 Å². The van der Waals surface area contributed by atoms with E-state index in [0.717, 1.165) is 101 Å². The van der Waals surface area contributed by atoms with E-state index in [2.05, 4.69) is 52.5 Å². The van der Waals surface area contributed by atoms with E-state index in [4.69, 9.17) is 0 Å². The fraction of sp³-hybridized carbons (Fsp3) is 0.366. The maximum atomic E-state index is 13.0. The van der Waals surface area contributed by atoms with Crippen LogP contribution in [0.5, 0.6) is 0 Å². The van der Waals surface area contributed by atoms with Crippen molar-refractivity contribution in [1.29, 1.82) is 0 Å². The number of carbonyl (C=O) groups excluding carboxylic acids is 2. The lowest BCUT2D eigenvalue weighted by molar-refractivity contribution is -0.145. The van der Waals surface area contributed by atoms with Gasteiger partial charge < -0.3 is 30.5 Å². The van der Waals surface area contributed by atoms with Crippen LogP contribution in [0.1, 0.15) is 37.2 Å². The summed E-state index contributed by atoms with van der Waals surface area (Å²) in [5.41, 5.74) is 4.74. The largest absolute Gasteiger partial charge is 0.390 e. The summed E-state index contributed by atoms with van der Waals surface area (Å²) in [5, 5.41) is 26.7. The number of piperidine rings is 1. The SMILES string of the molecule is CN1CCC(C(=O)Nc2cc3cc(-c4cnn(C)c4CO)ccc3cn2)CC1.O=C(Nc1cc2cc(-c3cnc4n3CCNC4)ccc2cn1)C1CC(F)(F)C1. The normalized spacial score (nSPS) is 17.2. The smallest absolute Gasteiger partial charge is 0.249 e. The molecule has 56 heavy (non-hydrogen) atoms. The van der Waals surface area contributed by atoms with Crippen LogP contribution in [0.2, 0.25) is 0 Å². The highest BCUT2D eigenvalue weighted by atomic mass is 19.3. The van der Waals surface area contributed by atoms with Gasteiger partial charge in [-0.15, -0.1) is 0 Å². The Kier molecular flexibility index (Phi) is 10.3. The summed E-state index contributed by atoms with van der Waals surface area (Å²) in [6.07, 6.45) is 8.08. The highest BCUT2D eigenvalue weighted by Gasteiger charge is 2.48. The molecule has 0 radical (unpaired) electrons. The quantitative estimate of drug-likeness (QED) is 0.163. The number of nitrogens with zero attached hydrogens (tertiary/aromatic N) is 7. The van der Waals surface area contributed by atoms with Crippen molar-refractivity contribution in [1.82, 2.24) is 39.5 Å². The highest BCUT2D eigenvalue weighted by Crippen LogP contribution is 2.43. The van der Waals surface area contributed by atoms with Crippen LogP contribution in [0.15, 0.2) is 73.3 Å². The number of nitrogens with one attached hydrogen (secondary N) is 3. The summed E-state index contributed by atoms with van der Waals surface area (Å²) < 4.78 is 29.9. The van der Waals surface area contributed by atoms with Crippen molar-refractivity contribution in [2.75, 3.05) is 37.3 Å². The summed E-state index contributed by atoms with van der Waals surface area (Å²) >= 11 is 0. The van der Waals surface area contributed by atoms with Crippen LogP contribution >= 0.6 is 0 Å². The van der Waals surface area contributed by atoms with E-state index in [9.17, 15) is 23.5 Å². The Bertz CT molecular complexity index is 2410. The average molecular weight is 763 g/mol. The van der Waals surface area contributed by atoms with Crippen molar-refractivity contribution in [3.05, 3.63) is 84.8 Å². The number of amides is 2. The van der Waals surface area contributed by atoms with E-state index in [1.165, 1.54) is 0 Å². The monoisotopic (exact) mass is 762 g/mol. The molecule has 290 valence electrons. The second kappa shape index (κ2) is 15.5. The number of aliphatic hydroxyl groups is 1. The van der Waals surface area contributed by atoms with Crippen LogP contribution in [0.25, 0.3) is 43.9 Å². The number of hydrogen-bond donors (Lipinski definition) is 4. The van der Waals surface area contributed by atoms with Crippen LogP contribution in [0.4, 0.5) is 20.4 Å². The molecule has 2 aromatic carbocycles. The zero-order chi connectivity index (χ0) is 39.0. The molecule has 0 spiro atoms. The Morgan fingerprint density at radius 1 is 0.804 bits per heavy atom. The molecule has 0 unspecified atom stereocenters. The average Bonchev–Trinajstić information content (AvgIpc) is 3.80. The van der Waals surface area contributed by atoms with Crippen molar-refractivity contribution in [3.8, 4) is 22.4 Å². The molecule has 2 aliphatic heterocycles. The number of carbonyl (C=O) groups is 2. The Morgan fingerprint density at radius 2 is 1.43 bits per heavy atom. The number of anilines is 2. The summed E-state index contributed by atoms with van der Waals surface area (Å²) in [4.78, 5) is 40.1. The Morgan fingerprint density at radius 3 is 2.07 bits per heavy atom. The van der Waals surface area contributed by atoms with Crippen LogP contribution in [-0.4, -0.2) is 83.7 Å². The van der Waals surface area contributed by atoms with E-state index in [1.54, 1.807) is 29.3 Å². The molecule has 9 rings (SSSR count). The van der Waals surface area contributed by atoms with Crippen molar-refractivity contribution < 1.29 is 23.5 Å². The minimum absolute atomic E-state index is 0.0440. The molecule has 15 heteroatoms. The number of pyridine rings is 2. The van der Waals surface area contributed by atoms with Crippen LogP contribution < -0.4 is 16.0 Å². The van der Waals surface area contributed by atoms with Gasteiger partial charge in [0.25, 0.3) is 0 Å². The molecule has 3 aliphatic rings. The molecule has 13 nitrogen and oxygen atoms in total. The Balaban J connectivity index is 0.000000157. The lowest BCUT2D eigenvalue weighted by Crippen LogP contribution is -2.42. The number of aromatic nitrogens is 6. The van der Waals surface area contributed by atoms with Gasteiger partial charge in [-0.2, -0.15) is 5.10 Å². The molecule has 1 saturated heterocycles. The molecule has 2 fully saturated rings. The summed E-state index contributed by atoms with van der Waals surface area (Å²) in [7, 11) is 3.90. The van der Waals surface area contributed by atoms with Gasteiger partial charge in [-0.05, 0) is 73.6 Å². The van der Waals surface area contributed by atoms with Crippen LogP contribution in [-0.2, 0) is 36.3 Å². The van der Waals surface area contributed by atoms with Crippen molar-refractivity contribution in [2.45, 2.75) is 51.3 Å². The third-order valence-corrected chi connectivity index (χ3v) is 11.0. The Hall–Kier alpha value is -5.64. The number of rotatable bonds is 7. The maximum Gasteiger partial charge on any atom is 0.249 e. The van der Waals surface area contributed by atoms with Gasteiger partial charge in [-0.25, -0.2) is 23.7 Å². The van der Waals surface area contributed by atoms with E-state index < -0.39 is 30.6 Å². The fourth-order valence-electron chi connectivity index (χ4n) is 7.64. The van der Waals surface area contributed by atoms with Crippen molar-refractivity contribution in [2.24, 2.45) is 18.9 Å². The molecule has 1 aliphatic carbocycles. The fourth-order valence-corrected chi connectivity index (χ4v) is 7.64. The number of fused-ring (bicyclic) bond motifs is 3. The van der Waals surface area contributed by atoms with Gasteiger partial charge in [0, 0.05) is 79.1 Å². The molecule has 4 aromatic heterocycles. The number of alkyl halides is 2. The topological polar surface area (TPSA) is 155 Å². The van der Waals surface area contributed by atoms with Gasteiger partial charge in [0.1, 0.15) is 17.5 Å². The number of imidazole rings is 1. The van der Waals surface area contributed by atoms with Gasteiger partial charge >= 0.3 is 0 Å². The first-order chi connectivity index (χ1) is 27.0. The van der Waals surface area contributed by atoms with Gasteiger partial charge in [0.2, 0.25) is 17.7 Å². The van der Waals surface area contributed by atoms with Gasteiger partial charge in [-0.3, -0.25) is 14.3 Å². The molecular formula is C41H44F2N10O3.